The van der Waals surface area contributed by atoms with Crippen molar-refractivity contribution in [2.75, 3.05) is 0 Å². The topological polar surface area (TPSA) is 29.5 Å². The molecule has 0 aromatic rings. The lowest BCUT2D eigenvalue weighted by atomic mass is 9.27. The highest BCUT2D eigenvalue weighted by atomic mass is 16.6. The van der Waals surface area contributed by atoms with E-state index in [0.29, 0.717) is 11.4 Å². The van der Waals surface area contributed by atoms with E-state index in [9.17, 15) is 4.79 Å². The minimum absolute atomic E-state index is 0.0787. The normalized spacial score (nSPS) is 40.4. The van der Waals surface area contributed by atoms with E-state index < -0.39 is 0 Å². The Hall–Kier alpha value is -0.665. The fraction of sp³-hybridized carbons (Fsp3) is 0.938. The van der Waals surface area contributed by atoms with Crippen LogP contribution in [0.25, 0.3) is 0 Å². The molecular formula is C16H28BNO2. The average molecular weight is 277 g/mol. The predicted octanol–water partition coefficient (Wildman–Crippen LogP) is 3.60. The molecule has 1 saturated carbocycles. The molecule has 4 heteroatoms. The summed E-state index contributed by atoms with van der Waals surface area (Å²) < 4.78 is 5.71. The van der Waals surface area contributed by atoms with Gasteiger partial charge in [0.15, 0.2) is 0 Å². The van der Waals surface area contributed by atoms with Crippen molar-refractivity contribution in [3.05, 3.63) is 0 Å². The molecule has 3 aliphatic heterocycles. The first-order chi connectivity index (χ1) is 9.43. The van der Waals surface area contributed by atoms with E-state index in [-0.39, 0.29) is 18.2 Å². The van der Waals surface area contributed by atoms with E-state index in [0.717, 1.165) is 24.6 Å². The molecule has 3 nitrogen and oxygen atoms in total. The smallest absolute Gasteiger partial charge is 0.410 e. The molecule has 0 spiro atoms. The van der Waals surface area contributed by atoms with Crippen molar-refractivity contribution in [3.8, 4) is 0 Å². The van der Waals surface area contributed by atoms with Gasteiger partial charge in [0.25, 0.3) is 0 Å². The Balaban J connectivity index is 1.76. The van der Waals surface area contributed by atoms with Crippen molar-refractivity contribution in [2.45, 2.75) is 89.1 Å². The molecular weight excluding hydrogens is 249 g/mol. The third-order valence-electron chi connectivity index (χ3n) is 6.16. The van der Waals surface area contributed by atoms with Crippen LogP contribution in [0.15, 0.2) is 0 Å². The number of amides is 1. The standard InChI is InChI=1S/C16H28BNO2/c1-10(2)16-7-5-6-13-14(8-12(9-16)17-16)20-15(19)18(13)11(3)4/h10-14,17H,5-9H2,1-4H3. The summed E-state index contributed by atoms with van der Waals surface area (Å²) >= 11 is 0. The molecule has 1 aliphatic carbocycles. The number of nitrogens with zero attached hydrogens (tertiary/aromatic N) is 1. The lowest BCUT2D eigenvalue weighted by Gasteiger charge is -2.50. The van der Waals surface area contributed by atoms with Crippen LogP contribution in [0.4, 0.5) is 4.79 Å². The fourth-order valence-corrected chi connectivity index (χ4v) is 4.92. The number of carbonyl (C=O) groups is 1. The highest BCUT2D eigenvalue weighted by molar-refractivity contribution is 6.46. The van der Waals surface area contributed by atoms with Gasteiger partial charge in [0.2, 0.25) is 0 Å². The lowest BCUT2D eigenvalue weighted by Crippen LogP contribution is -2.42. The molecule has 4 rings (SSSR count). The van der Waals surface area contributed by atoms with Crippen molar-refractivity contribution >= 4 is 13.4 Å². The summed E-state index contributed by atoms with van der Waals surface area (Å²) in [4.78, 5) is 14.1. The summed E-state index contributed by atoms with van der Waals surface area (Å²) in [6, 6.07) is 0.582. The van der Waals surface area contributed by atoms with Crippen molar-refractivity contribution < 1.29 is 9.53 Å². The number of fused-ring (bicyclic) bond motifs is 2. The van der Waals surface area contributed by atoms with Crippen LogP contribution in [0.2, 0.25) is 11.1 Å². The van der Waals surface area contributed by atoms with E-state index in [1.165, 1.54) is 26.5 Å². The molecule has 2 bridgehead atoms. The highest BCUT2D eigenvalue weighted by Gasteiger charge is 2.52. The second kappa shape index (κ2) is 4.96. The molecule has 4 aliphatic rings. The maximum absolute atomic E-state index is 12.1. The molecule has 4 atom stereocenters. The first-order valence-corrected chi connectivity index (χ1v) is 8.42. The van der Waals surface area contributed by atoms with Gasteiger partial charge in [-0.2, -0.15) is 0 Å². The monoisotopic (exact) mass is 277 g/mol. The average Bonchev–Trinajstić information content (AvgIpc) is 2.65. The second-order valence-corrected chi connectivity index (χ2v) is 7.91. The van der Waals surface area contributed by atoms with Gasteiger partial charge in [0, 0.05) is 6.04 Å². The van der Waals surface area contributed by atoms with Gasteiger partial charge >= 0.3 is 6.09 Å². The van der Waals surface area contributed by atoms with Gasteiger partial charge < -0.3 is 4.74 Å². The number of rotatable bonds is 2. The van der Waals surface area contributed by atoms with Gasteiger partial charge in [-0.3, -0.25) is 4.90 Å². The van der Waals surface area contributed by atoms with Gasteiger partial charge in [-0.1, -0.05) is 44.2 Å². The first kappa shape index (κ1) is 14.3. The van der Waals surface area contributed by atoms with E-state index >= 15 is 0 Å². The van der Waals surface area contributed by atoms with Gasteiger partial charge in [-0.05, 0) is 32.6 Å². The van der Waals surface area contributed by atoms with Gasteiger partial charge in [-0.15, -0.1) is 0 Å². The molecule has 0 radical (unpaired) electrons. The zero-order valence-electron chi connectivity index (χ0n) is 13.4. The van der Waals surface area contributed by atoms with Crippen LogP contribution in [0.5, 0.6) is 0 Å². The summed E-state index contributed by atoms with van der Waals surface area (Å²) in [6.07, 6.45) is 6.22. The Morgan fingerprint density at radius 3 is 2.65 bits per heavy atom. The van der Waals surface area contributed by atoms with E-state index in [2.05, 4.69) is 27.7 Å². The molecule has 20 heavy (non-hydrogen) atoms. The number of ether oxygens (including phenoxy) is 1. The van der Waals surface area contributed by atoms with Crippen LogP contribution in [-0.4, -0.2) is 36.5 Å². The van der Waals surface area contributed by atoms with Crippen LogP contribution in [-0.2, 0) is 4.74 Å². The largest absolute Gasteiger partial charge is 0.444 e. The number of carbonyl (C=O) groups excluding carboxylic acids is 1. The first-order valence-electron chi connectivity index (χ1n) is 8.42. The van der Waals surface area contributed by atoms with Crippen molar-refractivity contribution in [3.63, 3.8) is 0 Å². The predicted molar refractivity (Wildman–Crippen MR) is 82.5 cm³/mol. The van der Waals surface area contributed by atoms with Gasteiger partial charge in [0.1, 0.15) is 13.4 Å². The molecule has 3 saturated heterocycles. The molecule has 112 valence electrons. The summed E-state index contributed by atoms with van der Waals surface area (Å²) in [6.45, 7) is 8.97. The van der Waals surface area contributed by atoms with Crippen LogP contribution >= 0.6 is 0 Å². The summed E-state index contributed by atoms with van der Waals surface area (Å²) in [5, 5.41) is 0.593. The minimum Gasteiger partial charge on any atom is -0.444 e. The number of hydrogen-bond acceptors (Lipinski definition) is 2. The van der Waals surface area contributed by atoms with E-state index in [1.807, 2.05) is 4.90 Å². The molecule has 4 fully saturated rings. The molecule has 0 aromatic carbocycles. The van der Waals surface area contributed by atoms with Crippen molar-refractivity contribution in [1.29, 1.82) is 0 Å². The zero-order valence-corrected chi connectivity index (χ0v) is 13.4. The van der Waals surface area contributed by atoms with Gasteiger partial charge in [0.05, 0.1) is 6.04 Å². The SMILES string of the molecule is CC(C)N1C(=O)OC2CC3BC(C(C)C)(CCCC21)C3. The quantitative estimate of drug-likeness (QED) is 0.722. The Morgan fingerprint density at radius 1 is 1.35 bits per heavy atom. The third kappa shape index (κ3) is 2.15. The molecule has 4 unspecified atom stereocenters. The van der Waals surface area contributed by atoms with Crippen LogP contribution in [0.3, 0.4) is 0 Å². The second-order valence-electron chi connectivity index (χ2n) is 7.91. The van der Waals surface area contributed by atoms with E-state index in [1.54, 1.807) is 0 Å². The molecule has 1 amide bonds. The Morgan fingerprint density at radius 2 is 2.05 bits per heavy atom. The lowest BCUT2D eigenvalue weighted by molar-refractivity contribution is 0.119. The van der Waals surface area contributed by atoms with Crippen LogP contribution in [0, 0.1) is 5.92 Å². The Bertz CT molecular complexity index is 390. The fourth-order valence-electron chi connectivity index (χ4n) is 4.92. The van der Waals surface area contributed by atoms with Gasteiger partial charge in [-0.25, -0.2) is 4.79 Å². The Kier molecular flexibility index (Phi) is 3.54. The molecule has 0 N–H and O–H groups in total. The van der Waals surface area contributed by atoms with Crippen LogP contribution in [0.1, 0.15) is 59.8 Å². The summed E-state index contributed by atoms with van der Waals surface area (Å²) in [5.74, 6) is 1.57. The third-order valence-corrected chi connectivity index (χ3v) is 6.16. The van der Waals surface area contributed by atoms with E-state index in [4.69, 9.17) is 4.74 Å². The summed E-state index contributed by atoms with van der Waals surface area (Å²) in [5.41, 5.74) is 0. The Labute approximate surface area is 123 Å². The van der Waals surface area contributed by atoms with Crippen molar-refractivity contribution in [1.82, 2.24) is 4.90 Å². The molecule has 0 aromatic heterocycles. The maximum Gasteiger partial charge on any atom is 0.410 e. The molecule has 3 heterocycles. The zero-order chi connectivity index (χ0) is 14.5. The minimum atomic E-state index is -0.0787. The number of hydrogen-bond donors (Lipinski definition) is 0. The van der Waals surface area contributed by atoms with Crippen molar-refractivity contribution in [2.24, 2.45) is 5.92 Å². The maximum atomic E-state index is 12.1. The summed E-state index contributed by atoms with van der Waals surface area (Å²) in [7, 11) is 1.35. The highest BCUT2D eigenvalue weighted by Crippen LogP contribution is 2.60. The van der Waals surface area contributed by atoms with Crippen LogP contribution < -0.4 is 0 Å².